The first-order valence-corrected chi connectivity index (χ1v) is 14.2. The van der Waals surface area contributed by atoms with Crippen molar-refractivity contribution < 1.29 is 5.11 Å². The molecule has 0 bridgehead atoms. The quantitative estimate of drug-likeness (QED) is 0.161. The molecule has 0 aliphatic rings. The van der Waals surface area contributed by atoms with E-state index in [1.807, 2.05) is 0 Å². The second kappa shape index (κ2) is 24.0. The molecular formula is C28H61N3O. The van der Waals surface area contributed by atoms with E-state index in [-0.39, 0.29) is 6.10 Å². The molecular weight excluding hydrogens is 394 g/mol. The first kappa shape index (κ1) is 31.8. The molecule has 1 atom stereocenters. The molecule has 194 valence electrons. The van der Waals surface area contributed by atoms with Gasteiger partial charge in [0.2, 0.25) is 0 Å². The Balaban J connectivity index is 3.67. The Morgan fingerprint density at radius 2 is 0.875 bits per heavy atom. The number of rotatable bonds is 25. The van der Waals surface area contributed by atoms with Crippen LogP contribution in [0.15, 0.2) is 0 Å². The van der Waals surface area contributed by atoms with Crippen molar-refractivity contribution >= 4 is 0 Å². The zero-order chi connectivity index (χ0) is 23.9. The number of nitrogens with zero attached hydrogens (tertiary/aromatic N) is 3. The summed E-state index contributed by atoms with van der Waals surface area (Å²) in [6.45, 7) is 7.58. The van der Waals surface area contributed by atoms with Crippen molar-refractivity contribution in [3.05, 3.63) is 0 Å². The van der Waals surface area contributed by atoms with Crippen molar-refractivity contribution in [2.75, 3.05) is 60.9 Å². The highest BCUT2D eigenvalue weighted by Gasteiger charge is 2.12. The van der Waals surface area contributed by atoms with Crippen molar-refractivity contribution in [2.24, 2.45) is 0 Å². The van der Waals surface area contributed by atoms with Gasteiger partial charge in [0.25, 0.3) is 0 Å². The van der Waals surface area contributed by atoms with Crippen LogP contribution in [-0.4, -0.2) is 86.8 Å². The Hall–Kier alpha value is -0.160. The van der Waals surface area contributed by atoms with Gasteiger partial charge in [0.1, 0.15) is 0 Å². The van der Waals surface area contributed by atoms with E-state index in [0.717, 1.165) is 39.1 Å². The molecule has 0 spiro atoms. The smallest absolute Gasteiger partial charge is 0.0667 e. The molecule has 0 aromatic carbocycles. The van der Waals surface area contributed by atoms with Gasteiger partial charge in [0.15, 0.2) is 0 Å². The molecule has 0 aromatic rings. The van der Waals surface area contributed by atoms with Gasteiger partial charge in [-0.2, -0.15) is 0 Å². The van der Waals surface area contributed by atoms with Crippen LogP contribution in [0.1, 0.15) is 116 Å². The van der Waals surface area contributed by atoms with E-state index in [0.29, 0.717) is 0 Å². The van der Waals surface area contributed by atoms with Crippen LogP contribution in [-0.2, 0) is 0 Å². The SMILES string of the molecule is CCCCCCCCCCCCCCCCC(O)CN(CCCN(C)C)CCCN(C)C. The Labute approximate surface area is 203 Å². The molecule has 0 radical (unpaired) electrons. The second-order valence-electron chi connectivity index (χ2n) is 10.7. The van der Waals surface area contributed by atoms with Gasteiger partial charge in [0.05, 0.1) is 6.10 Å². The third kappa shape index (κ3) is 24.5. The van der Waals surface area contributed by atoms with Crippen LogP contribution in [0.4, 0.5) is 0 Å². The summed E-state index contributed by atoms with van der Waals surface area (Å²) in [4.78, 5) is 6.99. The molecule has 4 heteroatoms. The summed E-state index contributed by atoms with van der Waals surface area (Å²) in [5, 5.41) is 10.6. The Morgan fingerprint density at radius 3 is 1.25 bits per heavy atom. The van der Waals surface area contributed by atoms with Crippen LogP contribution < -0.4 is 0 Å². The minimum atomic E-state index is -0.161. The minimum Gasteiger partial charge on any atom is -0.392 e. The van der Waals surface area contributed by atoms with Crippen LogP contribution in [0.5, 0.6) is 0 Å². The lowest BCUT2D eigenvalue weighted by Gasteiger charge is -2.26. The molecule has 0 saturated heterocycles. The molecule has 4 nitrogen and oxygen atoms in total. The largest absolute Gasteiger partial charge is 0.392 e. The molecule has 1 unspecified atom stereocenters. The van der Waals surface area contributed by atoms with Gasteiger partial charge in [-0.15, -0.1) is 0 Å². The fourth-order valence-electron chi connectivity index (χ4n) is 4.48. The maximum Gasteiger partial charge on any atom is 0.0667 e. The number of unbranched alkanes of at least 4 members (excludes halogenated alkanes) is 13. The molecule has 0 aromatic heterocycles. The van der Waals surface area contributed by atoms with Gasteiger partial charge in [-0.3, -0.25) is 0 Å². The number of aliphatic hydroxyl groups is 1. The lowest BCUT2D eigenvalue weighted by atomic mass is 10.0. The Kier molecular flexibility index (Phi) is 23.9. The Bertz CT molecular complexity index is 349. The van der Waals surface area contributed by atoms with Crippen molar-refractivity contribution in [3.8, 4) is 0 Å². The second-order valence-corrected chi connectivity index (χ2v) is 10.7. The molecule has 1 N–H and O–H groups in total. The highest BCUT2D eigenvalue weighted by Crippen LogP contribution is 2.14. The third-order valence-electron chi connectivity index (χ3n) is 6.52. The van der Waals surface area contributed by atoms with E-state index in [4.69, 9.17) is 0 Å². The first-order chi connectivity index (χ1) is 15.5. The average Bonchev–Trinajstić information content (AvgIpc) is 2.73. The topological polar surface area (TPSA) is 30.0 Å². The normalized spacial score (nSPS) is 13.0. The van der Waals surface area contributed by atoms with Crippen molar-refractivity contribution in [2.45, 2.75) is 122 Å². The third-order valence-corrected chi connectivity index (χ3v) is 6.52. The van der Waals surface area contributed by atoms with Crippen LogP contribution in [0.25, 0.3) is 0 Å². The molecule has 32 heavy (non-hydrogen) atoms. The summed E-state index contributed by atoms with van der Waals surface area (Å²) >= 11 is 0. The van der Waals surface area contributed by atoms with Crippen LogP contribution in [0.2, 0.25) is 0 Å². The van der Waals surface area contributed by atoms with E-state index >= 15 is 0 Å². The predicted octanol–water partition coefficient (Wildman–Crippen LogP) is 6.42. The van der Waals surface area contributed by atoms with E-state index < -0.39 is 0 Å². The highest BCUT2D eigenvalue weighted by atomic mass is 16.3. The van der Waals surface area contributed by atoms with Crippen molar-refractivity contribution in [1.29, 1.82) is 0 Å². The standard InChI is InChI=1S/C28H61N3O/c1-6-7-8-9-10-11-12-13-14-15-16-17-18-19-22-28(32)27-31(25-20-23-29(2)3)26-21-24-30(4)5/h28,32H,6-27H2,1-5H3. The van der Waals surface area contributed by atoms with E-state index in [1.165, 1.54) is 103 Å². The Morgan fingerprint density at radius 1 is 0.500 bits per heavy atom. The fourth-order valence-corrected chi connectivity index (χ4v) is 4.48. The molecule has 0 heterocycles. The van der Waals surface area contributed by atoms with Crippen LogP contribution >= 0.6 is 0 Å². The summed E-state index contributed by atoms with van der Waals surface area (Å²) in [7, 11) is 8.56. The van der Waals surface area contributed by atoms with Gasteiger partial charge in [-0.05, 0) is 73.6 Å². The molecule has 0 rings (SSSR count). The maximum atomic E-state index is 10.6. The highest BCUT2D eigenvalue weighted by molar-refractivity contribution is 4.67. The summed E-state index contributed by atoms with van der Waals surface area (Å²) < 4.78 is 0. The van der Waals surface area contributed by atoms with E-state index in [9.17, 15) is 5.11 Å². The van der Waals surface area contributed by atoms with Crippen molar-refractivity contribution in [3.63, 3.8) is 0 Å². The van der Waals surface area contributed by atoms with Crippen molar-refractivity contribution in [1.82, 2.24) is 14.7 Å². The molecule has 0 saturated carbocycles. The van der Waals surface area contributed by atoms with Gasteiger partial charge in [0, 0.05) is 6.54 Å². The van der Waals surface area contributed by atoms with Gasteiger partial charge in [-0.1, -0.05) is 96.8 Å². The van der Waals surface area contributed by atoms with E-state index in [1.54, 1.807) is 0 Å². The minimum absolute atomic E-state index is 0.161. The summed E-state index contributed by atoms with van der Waals surface area (Å²) in [6.07, 6.45) is 22.6. The predicted molar refractivity (Wildman–Crippen MR) is 144 cm³/mol. The monoisotopic (exact) mass is 455 g/mol. The molecule has 0 fully saturated rings. The van der Waals surface area contributed by atoms with E-state index in [2.05, 4.69) is 49.8 Å². The number of aliphatic hydroxyl groups excluding tert-OH is 1. The molecule has 0 aliphatic heterocycles. The van der Waals surface area contributed by atoms with Crippen LogP contribution in [0, 0.1) is 0 Å². The fraction of sp³-hybridized carbons (Fsp3) is 1.00. The summed E-state index contributed by atoms with van der Waals surface area (Å²) in [5.41, 5.74) is 0. The zero-order valence-corrected chi connectivity index (χ0v) is 22.9. The molecule has 0 amide bonds. The zero-order valence-electron chi connectivity index (χ0n) is 22.9. The summed E-state index contributed by atoms with van der Waals surface area (Å²) in [6, 6.07) is 0. The molecule has 0 aliphatic carbocycles. The van der Waals surface area contributed by atoms with Gasteiger partial charge < -0.3 is 19.8 Å². The first-order valence-electron chi connectivity index (χ1n) is 14.2. The van der Waals surface area contributed by atoms with Crippen LogP contribution in [0.3, 0.4) is 0 Å². The lowest BCUT2D eigenvalue weighted by Crippen LogP contribution is -2.36. The lowest BCUT2D eigenvalue weighted by molar-refractivity contribution is 0.0988. The van der Waals surface area contributed by atoms with Gasteiger partial charge >= 0.3 is 0 Å². The van der Waals surface area contributed by atoms with Gasteiger partial charge in [-0.25, -0.2) is 0 Å². The maximum absolute atomic E-state index is 10.6. The average molecular weight is 456 g/mol. The number of hydrogen-bond acceptors (Lipinski definition) is 4. The number of hydrogen-bond donors (Lipinski definition) is 1. The summed E-state index contributed by atoms with van der Waals surface area (Å²) in [5.74, 6) is 0.